The molecule has 0 unspecified atom stereocenters. The lowest BCUT2D eigenvalue weighted by atomic mass is 10.1. The maximum Gasteiger partial charge on any atom is 0.433 e. The molecule has 0 spiro atoms. The molecule has 1 aromatic carbocycles. The summed E-state index contributed by atoms with van der Waals surface area (Å²) in [4.78, 5) is 14.7. The van der Waals surface area contributed by atoms with Crippen LogP contribution in [0.15, 0.2) is 24.3 Å². The third-order valence-electron chi connectivity index (χ3n) is 3.77. The lowest BCUT2D eigenvalue weighted by Crippen LogP contribution is -2.26. The summed E-state index contributed by atoms with van der Waals surface area (Å²) in [6.07, 6.45) is -3.78. The molecule has 0 saturated carbocycles. The lowest BCUT2D eigenvalue weighted by Gasteiger charge is -2.24. The van der Waals surface area contributed by atoms with Crippen LogP contribution in [0.3, 0.4) is 0 Å². The first-order chi connectivity index (χ1) is 11.3. The van der Waals surface area contributed by atoms with Crippen LogP contribution >= 0.6 is 0 Å². The Kier molecular flexibility index (Phi) is 4.31. The van der Waals surface area contributed by atoms with Crippen molar-refractivity contribution >= 4 is 16.9 Å². The van der Waals surface area contributed by atoms with Gasteiger partial charge in [-0.25, -0.2) is 9.78 Å². The Bertz CT molecular complexity index is 770. The topological polar surface area (TPSA) is 68.7 Å². The van der Waals surface area contributed by atoms with E-state index in [1.165, 1.54) is 18.2 Å². The average molecular weight is 341 g/mol. The molecule has 1 aliphatic heterocycles. The molecule has 1 N–H and O–H groups in total. The van der Waals surface area contributed by atoms with Crippen molar-refractivity contribution in [2.24, 2.45) is 0 Å². The van der Waals surface area contributed by atoms with Crippen LogP contribution in [0.1, 0.15) is 28.9 Å². The van der Waals surface area contributed by atoms with Crippen LogP contribution in [-0.2, 0) is 10.9 Å². The van der Waals surface area contributed by atoms with Gasteiger partial charge in [0.25, 0.3) is 0 Å². The van der Waals surface area contributed by atoms with Gasteiger partial charge in [0.15, 0.2) is 0 Å². The predicted molar refractivity (Wildman–Crippen MR) is 78.2 cm³/mol. The zero-order valence-electron chi connectivity index (χ0n) is 12.5. The van der Waals surface area contributed by atoms with Gasteiger partial charge >= 0.3 is 12.1 Å². The monoisotopic (exact) mass is 341 g/mol. The van der Waals surface area contributed by atoms with Crippen molar-refractivity contribution in [3.05, 3.63) is 35.5 Å². The average Bonchev–Trinajstić information content (AvgIpc) is 2.54. The molecule has 1 aliphatic rings. The van der Waals surface area contributed by atoms with Crippen LogP contribution in [0.25, 0.3) is 10.9 Å². The number of carbonyl (C=O) groups is 1. The molecule has 0 bridgehead atoms. The molecule has 0 radical (unpaired) electrons. The number of carboxylic acids is 1. The number of hydrogen-bond donors (Lipinski definition) is 1. The van der Waals surface area contributed by atoms with Crippen molar-refractivity contribution in [3.63, 3.8) is 0 Å². The highest BCUT2D eigenvalue weighted by Gasteiger charge is 2.34. The summed E-state index contributed by atoms with van der Waals surface area (Å²) in [7, 11) is 0. The molecular weight excluding hydrogens is 327 g/mol. The van der Waals surface area contributed by atoms with E-state index in [4.69, 9.17) is 14.6 Å². The van der Waals surface area contributed by atoms with E-state index < -0.39 is 17.8 Å². The molecule has 1 aromatic heterocycles. The number of alkyl halides is 3. The van der Waals surface area contributed by atoms with E-state index in [1.54, 1.807) is 0 Å². The van der Waals surface area contributed by atoms with Crippen molar-refractivity contribution in [1.29, 1.82) is 0 Å². The van der Waals surface area contributed by atoms with Crippen LogP contribution in [0, 0.1) is 0 Å². The van der Waals surface area contributed by atoms with Crippen LogP contribution in [-0.4, -0.2) is 35.4 Å². The van der Waals surface area contributed by atoms with Crippen molar-refractivity contribution in [1.82, 2.24) is 4.98 Å². The van der Waals surface area contributed by atoms with Crippen LogP contribution in [0.5, 0.6) is 5.75 Å². The molecule has 1 fully saturated rings. The maximum absolute atomic E-state index is 13.0. The summed E-state index contributed by atoms with van der Waals surface area (Å²) >= 11 is 0. The third kappa shape index (κ3) is 3.43. The highest BCUT2D eigenvalue weighted by molar-refractivity contribution is 5.95. The molecular formula is C16H14F3NO4. The smallest absolute Gasteiger partial charge is 0.433 e. The number of fused-ring (bicyclic) bond motifs is 1. The summed E-state index contributed by atoms with van der Waals surface area (Å²) in [5, 5.41) is 9.33. The van der Waals surface area contributed by atoms with Gasteiger partial charge in [-0.2, -0.15) is 13.2 Å². The van der Waals surface area contributed by atoms with E-state index in [-0.39, 0.29) is 28.3 Å². The van der Waals surface area contributed by atoms with Gasteiger partial charge in [-0.15, -0.1) is 0 Å². The standard InChI is InChI=1S/C16H14F3NO4/c17-16(18,19)14-8-13(24-10-3-5-23-6-4-10)11-7-9(15(21)22)1-2-12(11)20-14/h1-2,7-8,10H,3-6H2,(H,21,22). The Morgan fingerprint density at radius 1 is 1.25 bits per heavy atom. The number of aromatic carboxylic acids is 1. The van der Waals surface area contributed by atoms with Crippen molar-refractivity contribution in [2.75, 3.05) is 13.2 Å². The molecule has 0 aliphatic carbocycles. The van der Waals surface area contributed by atoms with Gasteiger partial charge in [-0.1, -0.05) is 0 Å². The van der Waals surface area contributed by atoms with Gasteiger partial charge in [-0.05, 0) is 18.2 Å². The fourth-order valence-corrected chi connectivity index (χ4v) is 2.54. The van der Waals surface area contributed by atoms with Crippen LogP contribution in [0.2, 0.25) is 0 Å². The van der Waals surface area contributed by atoms with Gasteiger partial charge in [0.05, 0.1) is 24.3 Å². The Morgan fingerprint density at radius 3 is 2.58 bits per heavy atom. The first-order valence-electron chi connectivity index (χ1n) is 7.34. The second-order valence-electron chi connectivity index (χ2n) is 5.47. The zero-order valence-corrected chi connectivity index (χ0v) is 12.5. The minimum absolute atomic E-state index is 0.0117. The molecule has 5 nitrogen and oxygen atoms in total. The number of ether oxygens (including phenoxy) is 2. The fraction of sp³-hybridized carbons (Fsp3) is 0.375. The summed E-state index contributed by atoms with van der Waals surface area (Å²) < 4.78 is 50.1. The summed E-state index contributed by atoms with van der Waals surface area (Å²) in [5.41, 5.74) is -1.07. The predicted octanol–water partition coefficient (Wildman–Crippen LogP) is 3.51. The molecule has 3 rings (SSSR count). The van der Waals surface area contributed by atoms with E-state index in [0.29, 0.717) is 26.1 Å². The molecule has 0 atom stereocenters. The second kappa shape index (κ2) is 6.27. The summed E-state index contributed by atoms with van der Waals surface area (Å²) in [6, 6.07) is 4.57. The Hall–Kier alpha value is -2.35. The largest absolute Gasteiger partial charge is 0.489 e. The van der Waals surface area contributed by atoms with E-state index in [0.717, 1.165) is 6.07 Å². The Balaban J connectivity index is 2.09. The van der Waals surface area contributed by atoms with Gasteiger partial charge < -0.3 is 14.6 Å². The normalized spacial score (nSPS) is 16.3. The molecule has 8 heteroatoms. The maximum atomic E-state index is 13.0. The third-order valence-corrected chi connectivity index (χ3v) is 3.77. The van der Waals surface area contributed by atoms with Gasteiger partial charge in [0.2, 0.25) is 0 Å². The van der Waals surface area contributed by atoms with Crippen molar-refractivity contribution in [3.8, 4) is 5.75 Å². The zero-order chi connectivity index (χ0) is 17.3. The SMILES string of the molecule is O=C(O)c1ccc2nc(C(F)(F)F)cc(OC3CCOCC3)c2c1. The number of rotatable bonds is 3. The molecule has 24 heavy (non-hydrogen) atoms. The number of carboxylic acid groups (broad SMARTS) is 1. The lowest BCUT2D eigenvalue weighted by molar-refractivity contribution is -0.141. The number of pyridine rings is 1. The Morgan fingerprint density at radius 2 is 1.96 bits per heavy atom. The summed E-state index contributed by atoms with van der Waals surface area (Å²) in [5.74, 6) is -1.18. The Labute approximate surface area is 135 Å². The first kappa shape index (κ1) is 16.5. The molecule has 0 amide bonds. The minimum atomic E-state index is -4.62. The second-order valence-corrected chi connectivity index (χ2v) is 5.47. The quantitative estimate of drug-likeness (QED) is 0.925. The van der Waals surface area contributed by atoms with E-state index in [1.807, 2.05) is 0 Å². The van der Waals surface area contributed by atoms with Crippen LogP contribution < -0.4 is 4.74 Å². The van der Waals surface area contributed by atoms with E-state index >= 15 is 0 Å². The number of hydrogen-bond acceptors (Lipinski definition) is 4. The van der Waals surface area contributed by atoms with Gasteiger partial charge in [0.1, 0.15) is 17.5 Å². The van der Waals surface area contributed by atoms with E-state index in [2.05, 4.69) is 4.98 Å². The number of halogens is 3. The van der Waals surface area contributed by atoms with Gasteiger partial charge in [0, 0.05) is 24.3 Å². The van der Waals surface area contributed by atoms with Crippen LogP contribution in [0.4, 0.5) is 13.2 Å². The highest BCUT2D eigenvalue weighted by atomic mass is 19.4. The molecule has 2 heterocycles. The fourth-order valence-electron chi connectivity index (χ4n) is 2.54. The molecule has 2 aromatic rings. The number of benzene rings is 1. The van der Waals surface area contributed by atoms with E-state index in [9.17, 15) is 18.0 Å². The van der Waals surface area contributed by atoms with Crippen molar-refractivity contribution in [2.45, 2.75) is 25.1 Å². The number of aromatic nitrogens is 1. The number of nitrogens with zero attached hydrogens (tertiary/aromatic N) is 1. The van der Waals surface area contributed by atoms with Gasteiger partial charge in [-0.3, -0.25) is 0 Å². The molecule has 1 saturated heterocycles. The minimum Gasteiger partial charge on any atom is -0.489 e. The highest BCUT2D eigenvalue weighted by Crippen LogP contribution is 2.35. The summed E-state index contributed by atoms with van der Waals surface area (Å²) in [6.45, 7) is 0.945. The van der Waals surface area contributed by atoms with Crippen molar-refractivity contribution < 1.29 is 32.5 Å². The molecule has 128 valence electrons. The first-order valence-corrected chi connectivity index (χ1v) is 7.34.